The van der Waals surface area contributed by atoms with Gasteiger partial charge >= 0.3 is 0 Å². The van der Waals surface area contributed by atoms with E-state index >= 15 is 0 Å². The van der Waals surface area contributed by atoms with Crippen molar-refractivity contribution in [3.8, 4) is 0 Å². The van der Waals surface area contributed by atoms with E-state index in [-0.39, 0.29) is 5.78 Å². The normalized spacial score (nSPS) is 8.95. The van der Waals surface area contributed by atoms with E-state index in [0.717, 1.165) is 31.4 Å². The van der Waals surface area contributed by atoms with Crippen LogP contribution in [0.15, 0.2) is 5.16 Å². The number of hydrogen-bond acceptors (Lipinski definition) is 3. The van der Waals surface area contributed by atoms with Gasteiger partial charge in [-0.05, 0) is 39.5 Å². The molecule has 0 aromatic carbocycles. The van der Waals surface area contributed by atoms with E-state index in [2.05, 4.69) is 12.1 Å². The smallest absolute Gasteiger partial charge is 0.129 e. The lowest BCUT2D eigenvalue weighted by Gasteiger charge is -2.00. The van der Waals surface area contributed by atoms with E-state index in [4.69, 9.17) is 4.84 Å². The zero-order chi connectivity index (χ0) is 16.8. The summed E-state index contributed by atoms with van der Waals surface area (Å²) in [5, 5.41) is 3.93. The number of unbranched alkanes of at least 4 members (excludes halogenated alkanes) is 2. The summed E-state index contributed by atoms with van der Waals surface area (Å²) in [5.41, 5.74) is 1.02. The van der Waals surface area contributed by atoms with Crippen molar-refractivity contribution in [3.05, 3.63) is 0 Å². The molecule has 0 amide bonds. The van der Waals surface area contributed by atoms with Gasteiger partial charge in [-0.2, -0.15) is 0 Å². The molecule has 0 saturated heterocycles. The quantitative estimate of drug-likeness (QED) is 0.311. The third-order valence-electron chi connectivity index (χ3n) is 2.00. The first-order valence-electron chi connectivity index (χ1n) is 8.31. The molecule has 0 aliphatic heterocycles. The maximum absolute atomic E-state index is 10.6. The van der Waals surface area contributed by atoms with Gasteiger partial charge in [0.1, 0.15) is 12.4 Å². The van der Waals surface area contributed by atoms with E-state index in [1.165, 1.54) is 0 Å². The van der Waals surface area contributed by atoms with Crippen LogP contribution >= 0.6 is 0 Å². The standard InChI is InChI=1S/C11H21NO2.3C2H6/c1-4-10(2)12-14-9-7-5-6-8-11(3)13;3*1-2/h4-9H2,1-3H3;3*1-2H3/b12-10+;;;. The monoisotopic (exact) mass is 289 g/mol. The fourth-order valence-electron chi connectivity index (χ4n) is 0.938. The second kappa shape index (κ2) is 30.9. The fraction of sp³-hybridized carbons (Fsp3) is 0.882. The summed E-state index contributed by atoms with van der Waals surface area (Å²) in [6, 6.07) is 0. The van der Waals surface area contributed by atoms with Crippen LogP contribution in [-0.4, -0.2) is 18.1 Å². The van der Waals surface area contributed by atoms with Gasteiger partial charge in [0.15, 0.2) is 0 Å². The average molecular weight is 290 g/mol. The Bertz CT molecular complexity index is 189. The van der Waals surface area contributed by atoms with Gasteiger partial charge < -0.3 is 9.63 Å². The molecule has 0 bridgehead atoms. The van der Waals surface area contributed by atoms with Gasteiger partial charge in [-0.25, -0.2) is 0 Å². The first-order valence-corrected chi connectivity index (χ1v) is 8.31. The van der Waals surface area contributed by atoms with Crippen molar-refractivity contribution >= 4 is 11.5 Å². The summed E-state index contributed by atoms with van der Waals surface area (Å²) in [4.78, 5) is 15.7. The summed E-state index contributed by atoms with van der Waals surface area (Å²) < 4.78 is 0. The lowest BCUT2D eigenvalue weighted by molar-refractivity contribution is -0.117. The summed E-state index contributed by atoms with van der Waals surface area (Å²) in [5.74, 6) is 0.269. The third kappa shape index (κ3) is 36.0. The van der Waals surface area contributed by atoms with E-state index in [9.17, 15) is 4.79 Å². The lowest BCUT2D eigenvalue weighted by Crippen LogP contribution is -1.94. The molecule has 3 heteroatoms. The molecule has 0 aromatic rings. The molecule has 20 heavy (non-hydrogen) atoms. The highest BCUT2D eigenvalue weighted by atomic mass is 16.6. The van der Waals surface area contributed by atoms with E-state index in [0.29, 0.717) is 13.0 Å². The first-order chi connectivity index (χ1) is 9.66. The molecule has 0 atom stereocenters. The Morgan fingerprint density at radius 3 is 1.80 bits per heavy atom. The van der Waals surface area contributed by atoms with Crippen molar-refractivity contribution in [2.24, 2.45) is 5.16 Å². The molecule has 0 heterocycles. The molecular formula is C17H39NO2. The molecule has 0 unspecified atom stereocenters. The van der Waals surface area contributed by atoms with Gasteiger partial charge in [0.2, 0.25) is 0 Å². The van der Waals surface area contributed by atoms with Crippen LogP contribution in [0.1, 0.15) is 94.4 Å². The predicted octanol–water partition coefficient (Wildman–Crippen LogP) is 6.02. The van der Waals surface area contributed by atoms with Gasteiger partial charge in [-0.1, -0.05) is 53.6 Å². The lowest BCUT2D eigenvalue weighted by atomic mass is 10.1. The molecule has 0 aromatic heterocycles. The van der Waals surface area contributed by atoms with E-state index in [1.807, 2.05) is 48.5 Å². The van der Waals surface area contributed by atoms with E-state index < -0.39 is 0 Å². The van der Waals surface area contributed by atoms with Crippen molar-refractivity contribution in [2.75, 3.05) is 6.61 Å². The van der Waals surface area contributed by atoms with E-state index in [1.54, 1.807) is 6.92 Å². The molecule has 0 saturated carbocycles. The molecule has 0 radical (unpaired) electrons. The number of oxime groups is 1. The predicted molar refractivity (Wildman–Crippen MR) is 92.5 cm³/mol. The molecule has 0 N–H and O–H groups in total. The second-order valence-electron chi connectivity index (χ2n) is 3.53. The number of Topliss-reactive ketones (excluding diaryl/α,β-unsaturated/α-hetero) is 1. The Balaban J connectivity index is -0.000000187. The number of rotatable bonds is 8. The molecule has 0 spiro atoms. The summed E-state index contributed by atoms with van der Waals surface area (Å²) >= 11 is 0. The fourth-order valence-corrected chi connectivity index (χ4v) is 0.938. The van der Waals surface area contributed by atoms with Crippen LogP contribution in [0, 0.1) is 0 Å². The minimum absolute atomic E-state index is 0.269. The van der Waals surface area contributed by atoms with Gasteiger partial charge in [-0.3, -0.25) is 0 Å². The molecule has 0 fully saturated rings. The van der Waals surface area contributed by atoms with Crippen LogP contribution in [0.5, 0.6) is 0 Å². The molecular weight excluding hydrogens is 250 g/mol. The van der Waals surface area contributed by atoms with Crippen LogP contribution < -0.4 is 0 Å². The number of ketones is 1. The number of hydrogen-bond donors (Lipinski definition) is 0. The third-order valence-corrected chi connectivity index (χ3v) is 2.00. The molecule has 0 aliphatic carbocycles. The van der Waals surface area contributed by atoms with Crippen molar-refractivity contribution in [2.45, 2.75) is 94.4 Å². The van der Waals surface area contributed by atoms with Gasteiger partial charge in [0.05, 0.1) is 5.71 Å². The molecule has 0 rings (SSSR count). The molecule has 124 valence electrons. The topological polar surface area (TPSA) is 38.7 Å². The maximum Gasteiger partial charge on any atom is 0.129 e. The SMILES string of the molecule is CC.CC.CC.CC/C(C)=N/OCCCCCC(C)=O. The average Bonchev–Trinajstić information content (AvgIpc) is 2.51. The summed E-state index contributed by atoms with van der Waals surface area (Å²) in [6.07, 6.45) is 4.62. The number of carbonyl (C=O) groups excluding carboxylic acids is 1. The minimum atomic E-state index is 0.269. The van der Waals surface area contributed by atoms with Crippen molar-refractivity contribution in [1.82, 2.24) is 0 Å². The largest absolute Gasteiger partial charge is 0.396 e. The van der Waals surface area contributed by atoms with Crippen LogP contribution in [0.3, 0.4) is 0 Å². The Labute approximate surface area is 128 Å². The highest BCUT2D eigenvalue weighted by Crippen LogP contribution is 2.01. The van der Waals surface area contributed by atoms with Gasteiger partial charge in [0.25, 0.3) is 0 Å². The Morgan fingerprint density at radius 2 is 1.40 bits per heavy atom. The van der Waals surface area contributed by atoms with Gasteiger partial charge in [0, 0.05) is 6.42 Å². The van der Waals surface area contributed by atoms with Crippen molar-refractivity contribution in [3.63, 3.8) is 0 Å². The molecule has 0 aliphatic rings. The second-order valence-corrected chi connectivity index (χ2v) is 3.53. The Morgan fingerprint density at radius 1 is 0.900 bits per heavy atom. The minimum Gasteiger partial charge on any atom is -0.396 e. The van der Waals surface area contributed by atoms with Gasteiger partial charge in [-0.15, -0.1) is 0 Å². The zero-order valence-corrected chi connectivity index (χ0v) is 15.5. The Hall–Kier alpha value is -0.860. The zero-order valence-electron chi connectivity index (χ0n) is 15.5. The van der Waals surface area contributed by atoms with Crippen molar-refractivity contribution < 1.29 is 9.63 Å². The summed E-state index contributed by atoms with van der Waals surface area (Å²) in [7, 11) is 0. The van der Waals surface area contributed by atoms with Crippen LogP contribution in [0.2, 0.25) is 0 Å². The Kier molecular flexibility index (Phi) is 42.4. The van der Waals surface area contributed by atoms with Crippen LogP contribution in [-0.2, 0) is 9.63 Å². The van der Waals surface area contributed by atoms with Crippen LogP contribution in [0.4, 0.5) is 0 Å². The number of carbonyl (C=O) groups is 1. The highest BCUT2D eigenvalue weighted by Gasteiger charge is 1.94. The molecule has 3 nitrogen and oxygen atoms in total. The van der Waals surface area contributed by atoms with Crippen molar-refractivity contribution in [1.29, 1.82) is 0 Å². The van der Waals surface area contributed by atoms with Crippen LogP contribution in [0.25, 0.3) is 0 Å². The first kappa shape index (κ1) is 27.5. The number of nitrogens with zero attached hydrogens (tertiary/aromatic N) is 1. The maximum atomic E-state index is 10.6. The highest BCUT2D eigenvalue weighted by molar-refractivity contribution is 5.80. The summed E-state index contributed by atoms with van der Waals surface area (Å²) in [6.45, 7) is 18.3.